The van der Waals surface area contributed by atoms with Crippen molar-refractivity contribution in [1.29, 1.82) is 0 Å². The van der Waals surface area contributed by atoms with Crippen LogP contribution in [-0.2, 0) is 14.1 Å². The molecule has 2 aromatic rings. The molecule has 0 N–H and O–H groups in total. The van der Waals surface area contributed by atoms with Crippen molar-refractivity contribution in [1.82, 2.24) is 19.1 Å². The highest BCUT2D eigenvalue weighted by Gasteiger charge is 2.10. The first-order valence-electron chi connectivity index (χ1n) is 4.54. The Balaban J connectivity index is 3.02. The molecular weight excluding hydrogens is 226 g/mol. The lowest BCUT2D eigenvalue weighted by atomic mass is 10.5. The van der Waals surface area contributed by atoms with E-state index in [4.69, 9.17) is 5.53 Å². The normalized spacial score (nSPS) is 10.2. The van der Waals surface area contributed by atoms with Crippen molar-refractivity contribution in [2.45, 2.75) is 0 Å². The molecule has 0 aromatic carbocycles. The van der Waals surface area contributed by atoms with Crippen LogP contribution in [0.25, 0.3) is 21.6 Å². The van der Waals surface area contributed by atoms with Crippen LogP contribution in [0.1, 0.15) is 0 Å². The molecular formula is C8H7N7O2. The third kappa shape index (κ3) is 1.54. The lowest BCUT2D eigenvalue weighted by molar-refractivity contribution is 0.704. The minimum Gasteiger partial charge on any atom is -0.279 e. The summed E-state index contributed by atoms with van der Waals surface area (Å²) >= 11 is 0. The molecule has 0 radical (unpaired) electrons. The van der Waals surface area contributed by atoms with Crippen LogP contribution in [0.3, 0.4) is 0 Å². The number of azide groups is 1. The van der Waals surface area contributed by atoms with Crippen molar-refractivity contribution in [3.63, 3.8) is 0 Å². The molecule has 0 aliphatic carbocycles. The van der Waals surface area contributed by atoms with Gasteiger partial charge in [0.1, 0.15) is 5.82 Å². The second-order valence-electron chi connectivity index (χ2n) is 3.30. The molecule has 2 rings (SSSR count). The van der Waals surface area contributed by atoms with Crippen LogP contribution >= 0.6 is 0 Å². The van der Waals surface area contributed by atoms with E-state index in [9.17, 15) is 9.59 Å². The van der Waals surface area contributed by atoms with Gasteiger partial charge in [0.2, 0.25) is 0 Å². The average Bonchev–Trinajstić information content (AvgIpc) is 2.34. The van der Waals surface area contributed by atoms with E-state index in [0.29, 0.717) is 0 Å². The first kappa shape index (κ1) is 10.8. The molecule has 0 saturated carbocycles. The Morgan fingerprint density at radius 3 is 2.71 bits per heavy atom. The second kappa shape index (κ2) is 3.72. The number of rotatable bonds is 1. The minimum atomic E-state index is -0.578. The van der Waals surface area contributed by atoms with Crippen LogP contribution in [0, 0.1) is 0 Å². The van der Waals surface area contributed by atoms with E-state index in [-0.39, 0.29) is 17.0 Å². The van der Waals surface area contributed by atoms with Crippen molar-refractivity contribution < 1.29 is 0 Å². The quantitative estimate of drug-likeness (QED) is 0.390. The lowest BCUT2D eigenvalue weighted by Gasteiger charge is -2.05. The third-order valence-corrected chi connectivity index (χ3v) is 2.29. The van der Waals surface area contributed by atoms with Crippen molar-refractivity contribution in [2.24, 2.45) is 19.2 Å². The van der Waals surface area contributed by atoms with Crippen LogP contribution in [0.4, 0.5) is 5.82 Å². The maximum Gasteiger partial charge on any atom is 0.332 e. The van der Waals surface area contributed by atoms with E-state index in [2.05, 4.69) is 20.0 Å². The zero-order chi connectivity index (χ0) is 12.6. The Morgan fingerprint density at radius 2 is 2.06 bits per heavy atom. The van der Waals surface area contributed by atoms with Gasteiger partial charge in [-0.15, -0.1) is 0 Å². The predicted octanol–water partition coefficient (Wildman–Crippen LogP) is -0.0310. The Bertz CT molecular complexity index is 766. The van der Waals surface area contributed by atoms with Crippen LogP contribution in [0.5, 0.6) is 0 Å². The summed E-state index contributed by atoms with van der Waals surface area (Å²) in [6.07, 6.45) is 1.20. The SMILES string of the molecule is Cn1c(=O)c2nc(N=[N+]=[N-])cnc2n(C)c1=O. The van der Waals surface area contributed by atoms with Crippen molar-refractivity contribution >= 4 is 17.0 Å². The van der Waals surface area contributed by atoms with Crippen molar-refractivity contribution in [3.05, 3.63) is 37.5 Å². The fourth-order valence-electron chi connectivity index (χ4n) is 1.42. The standard InChI is InChI=1S/C8H7N7O2/c1-14-6-5(7(16)15(2)8(14)17)11-4(3-10-6)12-13-9/h3H,1-2H3. The summed E-state index contributed by atoms with van der Waals surface area (Å²) < 4.78 is 2.11. The van der Waals surface area contributed by atoms with Gasteiger partial charge in [0.15, 0.2) is 11.2 Å². The van der Waals surface area contributed by atoms with Gasteiger partial charge in [-0.25, -0.2) is 14.8 Å². The number of nitrogens with zero attached hydrogens (tertiary/aromatic N) is 7. The molecule has 17 heavy (non-hydrogen) atoms. The Hall–Kier alpha value is -2.67. The van der Waals surface area contributed by atoms with Gasteiger partial charge in [-0.1, -0.05) is 0 Å². The number of aryl methyl sites for hydroxylation is 1. The summed E-state index contributed by atoms with van der Waals surface area (Å²) in [7, 11) is 2.82. The number of aromatic nitrogens is 4. The molecule has 2 heterocycles. The molecule has 0 aliphatic heterocycles. The molecule has 9 nitrogen and oxygen atoms in total. The number of hydrogen-bond donors (Lipinski definition) is 0. The zero-order valence-corrected chi connectivity index (χ0v) is 9.02. The molecule has 0 amide bonds. The highest BCUT2D eigenvalue weighted by Crippen LogP contribution is 2.09. The first-order chi connectivity index (χ1) is 8.06. The van der Waals surface area contributed by atoms with E-state index < -0.39 is 11.2 Å². The van der Waals surface area contributed by atoms with Crippen LogP contribution < -0.4 is 11.2 Å². The minimum absolute atomic E-state index is 0.0144. The van der Waals surface area contributed by atoms with Gasteiger partial charge in [-0.2, -0.15) is 0 Å². The van der Waals surface area contributed by atoms with Gasteiger partial charge < -0.3 is 0 Å². The molecule has 9 heteroatoms. The summed E-state index contributed by atoms with van der Waals surface area (Å²) in [6.45, 7) is 0. The Kier molecular flexibility index (Phi) is 2.37. The molecule has 0 fully saturated rings. The van der Waals surface area contributed by atoms with Crippen LogP contribution in [-0.4, -0.2) is 19.1 Å². The van der Waals surface area contributed by atoms with Gasteiger partial charge in [0.05, 0.1) is 6.20 Å². The topological polar surface area (TPSA) is 119 Å². The maximum atomic E-state index is 11.8. The fraction of sp³-hybridized carbons (Fsp3) is 0.250. The molecule has 86 valence electrons. The number of fused-ring (bicyclic) bond motifs is 1. The Morgan fingerprint density at radius 1 is 1.35 bits per heavy atom. The molecule has 0 bridgehead atoms. The van der Waals surface area contributed by atoms with E-state index in [1.165, 1.54) is 24.9 Å². The van der Waals surface area contributed by atoms with Gasteiger partial charge in [0.25, 0.3) is 5.56 Å². The van der Waals surface area contributed by atoms with Gasteiger partial charge >= 0.3 is 5.69 Å². The zero-order valence-electron chi connectivity index (χ0n) is 9.02. The molecule has 0 aliphatic rings. The maximum absolute atomic E-state index is 11.8. The van der Waals surface area contributed by atoms with Crippen LogP contribution in [0.2, 0.25) is 0 Å². The average molecular weight is 233 g/mol. The van der Waals surface area contributed by atoms with Crippen LogP contribution in [0.15, 0.2) is 20.9 Å². The molecule has 0 atom stereocenters. The van der Waals surface area contributed by atoms with Crippen molar-refractivity contribution in [2.75, 3.05) is 0 Å². The largest absolute Gasteiger partial charge is 0.332 e. The third-order valence-electron chi connectivity index (χ3n) is 2.29. The first-order valence-corrected chi connectivity index (χ1v) is 4.54. The highest BCUT2D eigenvalue weighted by atomic mass is 16.2. The summed E-state index contributed by atoms with van der Waals surface area (Å²) in [4.78, 5) is 33.6. The van der Waals surface area contributed by atoms with Gasteiger partial charge in [-0.3, -0.25) is 13.9 Å². The molecule has 2 aromatic heterocycles. The molecule has 0 saturated heterocycles. The van der Waals surface area contributed by atoms with Gasteiger partial charge in [-0.05, 0) is 10.6 Å². The van der Waals surface area contributed by atoms with Crippen molar-refractivity contribution in [3.8, 4) is 0 Å². The number of hydrogen-bond acceptors (Lipinski definition) is 5. The lowest BCUT2D eigenvalue weighted by Crippen LogP contribution is -2.37. The Labute approximate surface area is 93.6 Å². The monoisotopic (exact) mass is 233 g/mol. The van der Waals surface area contributed by atoms with E-state index in [1.54, 1.807) is 0 Å². The second-order valence-corrected chi connectivity index (χ2v) is 3.30. The predicted molar refractivity (Wildman–Crippen MR) is 58.8 cm³/mol. The van der Waals surface area contributed by atoms with Gasteiger partial charge in [0, 0.05) is 19.0 Å². The van der Waals surface area contributed by atoms with E-state index in [0.717, 1.165) is 4.57 Å². The summed E-state index contributed by atoms with van der Waals surface area (Å²) in [6, 6.07) is 0. The summed E-state index contributed by atoms with van der Waals surface area (Å²) in [5, 5.41) is 3.25. The molecule has 0 unspecified atom stereocenters. The van der Waals surface area contributed by atoms with E-state index in [1.807, 2.05) is 0 Å². The fourth-order valence-corrected chi connectivity index (χ4v) is 1.42. The molecule has 0 spiro atoms. The van der Waals surface area contributed by atoms with E-state index >= 15 is 0 Å². The smallest absolute Gasteiger partial charge is 0.279 e. The summed E-state index contributed by atoms with van der Waals surface area (Å²) in [5.74, 6) is -0.0178. The summed E-state index contributed by atoms with van der Waals surface area (Å²) in [5.41, 5.74) is 7.33. The highest BCUT2D eigenvalue weighted by molar-refractivity contribution is 5.69.